The minimum absolute atomic E-state index is 0.514. The molecule has 3 heteroatoms. The van der Waals surface area contributed by atoms with E-state index in [2.05, 4.69) is 13.8 Å². The normalized spacial score (nSPS) is 14.3. The number of hydrogen-bond donors (Lipinski definition) is 0. The van der Waals surface area contributed by atoms with Gasteiger partial charge in [-0.3, -0.25) is 0 Å². The largest absolute Gasteiger partial charge is 0.400 e. The van der Waals surface area contributed by atoms with Crippen molar-refractivity contribution >= 4 is 9.28 Å². The summed E-state index contributed by atoms with van der Waals surface area (Å²) in [5.41, 5.74) is 0.514. The van der Waals surface area contributed by atoms with E-state index in [0.717, 1.165) is 6.42 Å². The molecular weight excluding hydrogens is 132 g/mol. The third-order valence-electron chi connectivity index (χ3n) is 1.38. The highest BCUT2D eigenvalue weighted by molar-refractivity contribution is 6.46. The summed E-state index contributed by atoms with van der Waals surface area (Å²) >= 11 is 0. The lowest BCUT2D eigenvalue weighted by molar-refractivity contribution is 0.267. The SMILES string of the molecule is [CH2]CC(C)[SiH](OC)OC. The summed E-state index contributed by atoms with van der Waals surface area (Å²) in [5, 5.41) is 0. The molecule has 0 aliphatic heterocycles. The first-order valence-corrected chi connectivity index (χ1v) is 4.72. The molecule has 0 aliphatic rings. The first kappa shape index (κ1) is 9.14. The Morgan fingerprint density at radius 3 is 2.00 bits per heavy atom. The van der Waals surface area contributed by atoms with Crippen molar-refractivity contribution in [3.05, 3.63) is 6.92 Å². The van der Waals surface area contributed by atoms with Gasteiger partial charge in [0.1, 0.15) is 0 Å². The van der Waals surface area contributed by atoms with Crippen molar-refractivity contribution in [2.24, 2.45) is 0 Å². The molecule has 0 fully saturated rings. The van der Waals surface area contributed by atoms with Crippen LogP contribution in [0.1, 0.15) is 13.3 Å². The van der Waals surface area contributed by atoms with Crippen LogP contribution in [0.4, 0.5) is 0 Å². The third-order valence-corrected chi connectivity index (χ3v) is 3.58. The lowest BCUT2D eigenvalue weighted by Gasteiger charge is -2.16. The van der Waals surface area contributed by atoms with Gasteiger partial charge >= 0.3 is 9.28 Å². The molecule has 0 spiro atoms. The van der Waals surface area contributed by atoms with E-state index in [1.165, 1.54) is 0 Å². The Bertz CT molecular complexity index is 64.1. The van der Waals surface area contributed by atoms with Gasteiger partial charge in [-0.15, -0.1) is 0 Å². The summed E-state index contributed by atoms with van der Waals surface area (Å²) < 4.78 is 10.3. The molecule has 0 amide bonds. The van der Waals surface area contributed by atoms with Crippen molar-refractivity contribution in [2.45, 2.75) is 18.9 Å². The average Bonchev–Trinajstić information content (AvgIpc) is 1.90. The molecule has 0 aromatic carbocycles. The molecule has 0 rings (SSSR count). The highest BCUT2D eigenvalue weighted by Crippen LogP contribution is 2.13. The summed E-state index contributed by atoms with van der Waals surface area (Å²) in [7, 11) is 2.05. The molecule has 0 N–H and O–H groups in total. The van der Waals surface area contributed by atoms with E-state index >= 15 is 0 Å². The molecule has 0 saturated carbocycles. The van der Waals surface area contributed by atoms with Crippen LogP contribution in [0.2, 0.25) is 5.54 Å². The first-order chi connectivity index (χ1) is 4.26. The lowest BCUT2D eigenvalue weighted by Crippen LogP contribution is -2.23. The lowest BCUT2D eigenvalue weighted by atomic mass is 10.4. The molecule has 2 nitrogen and oxygen atoms in total. The van der Waals surface area contributed by atoms with Crippen LogP contribution < -0.4 is 0 Å². The molecule has 0 aliphatic carbocycles. The second kappa shape index (κ2) is 4.96. The molecule has 0 aromatic heterocycles. The van der Waals surface area contributed by atoms with E-state index in [-0.39, 0.29) is 0 Å². The highest BCUT2D eigenvalue weighted by Gasteiger charge is 2.16. The maximum atomic E-state index is 5.13. The van der Waals surface area contributed by atoms with Crippen LogP contribution in [0, 0.1) is 6.92 Å². The molecule has 55 valence electrons. The fourth-order valence-corrected chi connectivity index (χ4v) is 2.09. The quantitative estimate of drug-likeness (QED) is 0.555. The Balaban J connectivity index is 3.50. The smallest absolute Gasteiger partial charge is 0.323 e. The highest BCUT2D eigenvalue weighted by atomic mass is 28.3. The molecule has 0 heterocycles. The van der Waals surface area contributed by atoms with Gasteiger partial charge in [0.2, 0.25) is 0 Å². The molecule has 1 radical (unpaired) electrons. The molecule has 9 heavy (non-hydrogen) atoms. The van der Waals surface area contributed by atoms with Crippen molar-refractivity contribution < 1.29 is 8.85 Å². The third kappa shape index (κ3) is 2.98. The Kier molecular flexibility index (Phi) is 5.04. The zero-order valence-electron chi connectivity index (χ0n) is 6.39. The van der Waals surface area contributed by atoms with Crippen molar-refractivity contribution in [3.8, 4) is 0 Å². The van der Waals surface area contributed by atoms with Crippen molar-refractivity contribution in [1.82, 2.24) is 0 Å². The Morgan fingerprint density at radius 1 is 1.44 bits per heavy atom. The predicted octanol–water partition coefficient (Wildman–Crippen LogP) is 1.11. The molecule has 1 atom stereocenters. The summed E-state index contributed by atoms with van der Waals surface area (Å²) in [6.07, 6.45) is 0.901. The maximum absolute atomic E-state index is 5.13. The summed E-state index contributed by atoms with van der Waals surface area (Å²) in [4.78, 5) is 0. The second-order valence-electron chi connectivity index (χ2n) is 2.11. The first-order valence-electron chi connectivity index (χ1n) is 3.11. The van der Waals surface area contributed by atoms with E-state index in [4.69, 9.17) is 8.85 Å². The van der Waals surface area contributed by atoms with Gasteiger partial charge in [0.15, 0.2) is 0 Å². The summed E-state index contributed by atoms with van der Waals surface area (Å²) in [6, 6.07) is 0. The van der Waals surface area contributed by atoms with Gasteiger partial charge in [-0.25, -0.2) is 0 Å². The summed E-state index contributed by atoms with van der Waals surface area (Å²) in [6.45, 7) is 5.89. The zero-order chi connectivity index (χ0) is 7.28. The molecule has 0 saturated heterocycles. The van der Waals surface area contributed by atoms with Gasteiger partial charge in [0, 0.05) is 14.2 Å². The minimum Gasteiger partial charge on any atom is -0.400 e. The van der Waals surface area contributed by atoms with Gasteiger partial charge < -0.3 is 8.85 Å². The van der Waals surface area contributed by atoms with Crippen LogP contribution in [-0.2, 0) is 8.85 Å². The number of rotatable bonds is 4. The predicted molar refractivity (Wildman–Crippen MR) is 40.6 cm³/mol. The van der Waals surface area contributed by atoms with E-state index in [1.807, 2.05) is 0 Å². The van der Waals surface area contributed by atoms with Crippen molar-refractivity contribution in [2.75, 3.05) is 14.2 Å². The minimum atomic E-state index is -1.35. The van der Waals surface area contributed by atoms with Crippen molar-refractivity contribution in [3.63, 3.8) is 0 Å². The van der Waals surface area contributed by atoms with Gasteiger partial charge in [-0.2, -0.15) is 0 Å². The molecule has 0 bridgehead atoms. The monoisotopic (exact) mass is 147 g/mol. The van der Waals surface area contributed by atoms with Crippen LogP contribution in [0.3, 0.4) is 0 Å². The summed E-state index contributed by atoms with van der Waals surface area (Å²) in [5.74, 6) is 0. The molecule has 1 unspecified atom stereocenters. The van der Waals surface area contributed by atoms with Gasteiger partial charge in [-0.05, 0) is 12.0 Å². The van der Waals surface area contributed by atoms with E-state index in [1.54, 1.807) is 14.2 Å². The fourth-order valence-electron chi connectivity index (χ4n) is 0.697. The Hall–Kier alpha value is 0.137. The van der Waals surface area contributed by atoms with Gasteiger partial charge in [-0.1, -0.05) is 13.8 Å². The topological polar surface area (TPSA) is 18.5 Å². The number of hydrogen-bond acceptors (Lipinski definition) is 2. The standard InChI is InChI=1S/C6H15O2Si/c1-5-6(2)9(7-3)8-4/h6,9H,1,5H2,2-4H3. The molecular formula is C6H15O2Si. The van der Waals surface area contributed by atoms with Crippen LogP contribution in [0.15, 0.2) is 0 Å². The Labute approximate surface area is 59.0 Å². The Morgan fingerprint density at radius 2 is 1.89 bits per heavy atom. The maximum Gasteiger partial charge on any atom is 0.323 e. The van der Waals surface area contributed by atoms with Crippen LogP contribution >= 0.6 is 0 Å². The average molecular weight is 147 g/mol. The van der Waals surface area contributed by atoms with Crippen LogP contribution in [0.25, 0.3) is 0 Å². The molecule has 0 aromatic rings. The van der Waals surface area contributed by atoms with E-state index in [9.17, 15) is 0 Å². The van der Waals surface area contributed by atoms with Crippen LogP contribution in [-0.4, -0.2) is 23.5 Å². The van der Waals surface area contributed by atoms with E-state index < -0.39 is 9.28 Å². The van der Waals surface area contributed by atoms with E-state index in [0.29, 0.717) is 5.54 Å². The van der Waals surface area contributed by atoms with Gasteiger partial charge in [0.25, 0.3) is 0 Å². The van der Waals surface area contributed by atoms with Gasteiger partial charge in [0.05, 0.1) is 0 Å². The zero-order valence-corrected chi connectivity index (χ0v) is 7.54. The second-order valence-corrected chi connectivity index (χ2v) is 4.92. The van der Waals surface area contributed by atoms with Crippen LogP contribution in [0.5, 0.6) is 0 Å². The van der Waals surface area contributed by atoms with Crippen molar-refractivity contribution in [1.29, 1.82) is 0 Å². The fraction of sp³-hybridized carbons (Fsp3) is 0.833.